The lowest BCUT2D eigenvalue weighted by molar-refractivity contribution is -0.178. The van der Waals surface area contributed by atoms with Gasteiger partial charge in [-0.1, -0.05) is 0 Å². The van der Waals surface area contributed by atoms with Crippen LogP contribution in [0, 0.1) is 0 Å². The summed E-state index contributed by atoms with van der Waals surface area (Å²) in [4.78, 5) is 1.42. The Labute approximate surface area is 118 Å². The maximum atomic E-state index is 11.3. The van der Waals surface area contributed by atoms with Crippen LogP contribution in [-0.2, 0) is 19.3 Å². The van der Waals surface area contributed by atoms with Crippen LogP contribution >= 0.6 is 11.8 Å². The summed E-state index contributed by atoms with van der Waals surface area (Å²) in [7, 11) is -3.11. The van der Waals surface area contributed by atoms with Gasteiger partial charge < -0.3 is 9.47 Å². The molecule has 19 heavy (non-hydrogen) atoms. The fourth-order valence-electron chi connectivity index (χ4n) is 1.76. The summed E-state index contributed by atoms with van der Waals surface area (Å²) in [5.74, 6) is 0.892. The molecule has 1 saturated heterocycles. The normalized spacial score (nSPS) is 17.5. The maximum absolute atomic E-state index is 11.3. The Morgan fingerprint density at radius 3 is 2.42 bits per heavy atom. The zero-order valence-electron chi connectivity index (χ0n) is 10.9. The smallest absolute Gasteiger partial charge is 0.175 e. The van der Waals surface area contributed by atoms with Crippen molar-refractivity contribution < 1.29 is 17.9 Å². The Kier molecular flexibility index (Phi) is 5.27. The Bertz CT molecular complexity index is 490. The number of hydrogen-bond donors (Lipinski definition) is 0. The summed E-state index contributed by atoms with van der Waals surface area (Å²) in [5.41, 5.74) is 0. The van der Waals surface area contributed by atoms with Crippen LogP contribution in [-0.4, -0.2) is 39.9 Å². The molecule has 0 aromatic heterocycles. The zero-order chi connectivity index (χ0) is 13.7. The van der Waals surface area contributed by atoms with E-state index in [-0.39, 0.29) is 6.29 Å². The molecule has 0 spiro atoms. The highest BCUT2D eigenvalue weighted by Crippen LogP contribution is 2.22. The zero-order valence-corrected chi connectivity index (χ0v) is 12.5. The van der Waals surface area contributed by atoms with Gasteiger partial charge in [-0.25, -0.2) is 8.42 Å². The number of benzene rings is 1. The molecule has 1 aromatic carbocycles. The predicted octanol–water partition coefficient (Wildman–Crippen LogP) is 2.34. The first-order chi connectivity index (χ1) is 9.05. The molecule has 2 rings (SSSR count). The van der Waals surface area contributed by atoms with E-state index in [1.807, 2.05) is 12.1 Å². The highest BCUT2D eigenvalue weighted by atomic mass is 32.2. The van der Waals surface area contributed by atoms with Gasteiger partial charge in [0, 0.05) is 23.3 Å². The van der Waals surface area contributed by atoms with Gasteiger partial charge in [0.05, 0.1) is 18.1 Å². The maximum Gasteiger partial charge on any atom is 0.175 e. The monoisotopic (exact) mass is 302 g/mol. The van der Waals surface area contributed by atoms with Crippen molar-refractivity contribution in [2.45, 2.75) is 28.9 Å². The molecule has 0 amide bonds. The van der Waals surface area contributed by atoms with Gasteiger partial charge in [0.1, 0.15) is 0 Å². The first kappa shape index (κ1) is 14.8. The minimum Gasteiger partial charge on any atom is -0.353 e. The van der Waals surface area contributed by atoms with Crippen LogP contribution < -0.4 is 0 Å². The minimum atomic E-state index is -3.11. The van der Waals surface area contributed by atoms with Crippen LogP contribution in [0.25, 0.3) is 0 Å². The molecule has 1 aliphatic rings. The molecule has 106 valence electrons. The molecule has 0 atom stereocenters. The summed E-state index contributed by atoms with van der Waals surface area (Å²) >= 11 is 1.68. The molecule has 0 unspecified atom stereocenters. The quantitative estimate of drug-likeness (QED) is 0.781. The van der Waals surface area contributed by atoms with Gasteiger partial charge in [-0.2, -0.15) is 0 Å². The Balaban J connectivity index is 1.80. The number of hydrogen-bond acceptors (Lipinski definition) is 5. The van der Waals surface area contributed by atoms with Crippen LogP contribution in [0.4, 0.5) is 0 Å². The lowest BCUT2D eigenvalue weighted by Crippen LogP contribution is -2.25. The third-order valence-electron chi connectivity index (χ3n) is 2.77. The number of rotatable bonds is 5. The molecule has 0 radical (unpaired) electrons. The second-order valence-electron chi connectivity index (χ2n) is 4.41. The van der Waals surface area contributed by atoms with Crippen LogP contribution in [0.5, 0.6) is 0 Å². The summed E-state index contributed by atoms with van der Waals surface area (Å²) < 4.78 is 33.6. The summed E-state index contributed by atoms with van der Waals surface area (Å²) in [6, 6.07) is 6.96. The Hall–Kier alpha value is -0.560. The second-order valence-corrected chi connectivity index (χ2v) is 7.59. The van der Waals surface area contributed by atoms with E-state index in [4.69, 9.17) is 9.47 Å². The molecule has 1 heterocycles. The molecular formula is C13H18O4S2. The van der Waals surface area contributed by atoms with E-state index in [1.54, 1.807) is 23.9 Å². The molecule has 0 saturated carbocycles. The molecular weight excluding hydrogens is 284 g/mol. The predicted molar refractivity (Wildman–Crippen MR) is 75.2 cm³/mol. The van der Waals surface area contributed by atoms with E-state index in [0.29, 0.717) is 4.90 Å². The van der Waals surface area contributed by atoms with Gasteiger partial charge in [-0.3, -0.25) is 0 Å². The van der Waals surface area contributed by atoms with Crippen LogP contribution in [0.15, 0.2) is 34.1 Å². The summed E-state index contributed by atoms with van der Waals surface area (Å²) in [5, 5.41) is 0. The van der Waals surface area contributed by atoms with E-state index >= 15 is 0 Å². The highest BCUT2D eigenvalue weighted by molar-refractivity contribution is 7.99. The lowest BCUT2D eigenvalue weighted by Gasteiger charge is -2.22. The first-order valence-electron chi connectivity index (χ1n) is 6.22. The molecule has 1 aromatic rings. The average molecular weight is 302 g/mol. The molecule has 0 aliphatic carbocycles. The number of thioether (sulfide) groups is 1. The third-order valence-corrected chi connectivity index (χ3v) is 4.94. The molecule has 0 bridgehead atoms. The van der Waals surface area contributed by atoms with E-state index in [1.165, 1.54) is 6.26 Å². The molecule has 4 nitrogen and oxygen atoms in total. The van der Waals surface area contributed by atoms with Crippen molar-refractivity contribution in [1.82, 2.24) is 0 Å². The van der Waals surface area contributed by atoms with Crippen molar-refractivity contribution in [2.75, 3.05) is 25.2 Å². The lowest BCUT2D eigenvalue weighted by atomic mass is 10.4. The average Bonchev–Trinajstić information content (AvgIpc) is 2.39. The van der Waals surface area contributed by atoms with Crippen molar-refractivity contribution in [3.05, 3.63) is 24.3 Å². The van der Waals surface area contributed by atoms with Crippen LogP contribution in [0.1, 0.15) is 12.8 Å². The first-order valence-corrected chi connectivity index (χ1v) is 9.09. The summed E-state index contributed by atoms with van der Waals surface area (Å²) in [6.07, 6.45) is 2.94. The van der Waals surface area contributed by atoms with E-state index < -0.39 is 9.84 Å². The summed E-state index contributed by atoms with van der Waals surface area (Å²) in [6.45, 7) is 1.55. The third kappa shape index (κ3) is 4.80. The van der Waals surface area contributed by atoms with Crippen molar-refractivity contribution in [3.8, 4) is 0 Å². The van der Waals surface area contributed by atoms with Gasteiger partial charge in [-0.05, 0) is 30.7 Å². The van der Waals surface area contributed by atoms with Crippen molar-refractivity contribution in [1.29, 1.82) is 0 Å². The Morgan fingerprint density at radius 1 is 1.21 bits per heavy atom. The topological polar surface area (TPSA) is 52.6 Å². The van der Waals surface area contributed by atoms with E-state index in [9.17, 15) is 8.42 Å². The number of sulfone groups is 1. The molecule has 1 aliphatic heterocycles. The van der Waals surface area contributed by atoms with Crippen molar-refractivity contribution in [2.24, 2.45) is 0 Å². The van der Waals surface area contributed by atoms with E-state index in [0.717, 1.165) is 36.7 Å². The van der Waals surface area contributed by atoms with E-state index in [2.05, 4.69) is 0 Å². The van der Waals surface area contributed by atoms with Gasteiger partial charge in [0.15, 0.2) is 16.1 Å². The van der Waals surface area contributed by atoms with Gasteiger partial charge in [0.2, 0.25) is 0 Å². The van der Waals surface area contributed by atoms with Gasteiger partial charge in [-0.15, -0.1) is 11.8 Å². The van der Waals surface area contributed by atoms with Crippen LogP contribution in [0.2, 0.25) is 0 Å². The molecule has 6 heteroatoms. The SMILES string of the molecule is CS(=O)(=O)c1ccc(SCCC2OCCCO2)cc1. The fourth-order valence-corrected chi connectivity index (χ4v) is 3.26. The second kappa shape index (κ2) is 6.74. The van der Waals surface area contributed by atoms with Crippen molar-refractivity contribution in [3.63, 3.8) is 0 Å². The van der Waals surface area contributed by atoms with Gasteiger partial charge in [0.25, 0.3) is 0 Å². The minimum absolute atomic E-state index is 0.0865. The fraction of sp³-hybridized carbons (Fsp3) is 0.538. The molecule has 0 N–H and O–H groups in total. The number of ether oxygens (including phenoxy) is 2. The molecule has 1 fully saturated rings. The largest absolute Gasteiger partial charge is 0.353 e. The van der Waals surface area contributed by atoms with Gasteiger partial charge >= 0.3 is 0 Å². The van der Waals surface area contributed by atoms with Crippen LogP contribution in [0.3, 0.4) is 0 Å². The highest BCUT2D eigenvalue weighted by Gasteiger charge is 2.13. The van der Waals surface area contributed by atoms with Crippen molar-refractivity contribution >= 4 is 21.6 Å². The standard InChI is InChI=1S/C13H18O4S2/c1-19(14,15)12-5-3-11(4-6-12)18-10-7-13-16-8-2-9-17-13/h3-6,13H,2,7-10H2,1H3. The Morgan fingerprint density at radius 2 is 1.84 bits per heavy atom.